The van der Waals surface area contributed by atoms with Crippen molar-refractivity contribution in [2.24, 2.45) is 0 Å². The summed E-state index contributed by atoms with van der Waals surface area (Å²) in [6, 6.07) is 5.47. The fourth-order valence-corrected chi connectivity index (χ4v) is 3.32. The van der Waals surface area contributed by atoms with Crippen LogP contribution < -0.4 is 0 Å². The molecular formula is C19H23Cl2N3OS. The summed E-state index contributed by atoms with van der Waals surface area (Å²) in [5, 5.41) is 3.93. The predicted octanol–water partition coefficient (Wildman–Crippen LogP) is 4.75. The Balaban J connectivity index is 2.09. The zero-order chi connectivity index (χ0) is 19.1. The minimum Gasteiger partial charge on any atom is -0.335 e. The van der Waals surface area contributed by atoms with E-state index >= 15 is 0 Å². The van der Waals surface area contributed by atoms with Crippen LogP contribution in [0.2, 0.25) is 10.0 Å². The lowest BCUT2D eigenvalue weighted by Crippen LogP contribution is -2.31. The minimum atomic E-state index is -0.0412. The van der Waals surface area contributed by atoms with Crippen LogP contribution in [0, 0.1) is 6.92 Å². The number of carbonyl (C=O) groups excluding carboxylic acids is 1. The van der Waals surface area contributed by atoms with Crippen molar-refractivity contribution in [3.63, 3.8) is 0 Å². The largest absolute Gasteiger partial charge is 0.335 e. The Morgan fingerprint density at radius 1 is 1.23 bits per heavy atom. The van der Waals surface area contributed by atoms with Crippen LogP contribution in [0.1, 0.15) is 22.7 Å². The summed E-state index contributed by atoms with van der Waals surface area (Å²) in [5.41, 5.74) is 1.76. The van der Waals surface area contributed by atoms with Gasteiger partial charge in [-0.3, -0.25) is 4.79 Å². The van der Waals surface area contributed by atoms with Gasteiger partial charge < -0.3 is 9.80 Å². The standard InChI is InChI=1S/C19H23Cl2N3OS/c1-14-22-16(13-26-14)6-8-19(25)24(10-4-9-23(2)3)12-15-5-7-17(20)18(21)11-15/h5-8,11,13H,4,9-10,12H2,1-3H3/b8-6+. The molecule has 0 aliphatic carbocycles. The molecular weight excluding hydrogens is 389 g/mol. The van der Waals surface area contributed by atoms with E-state index in [0.717, 1.165) is 29.2 Å². The highest BCUT2D eigenvalue weighted by Crippen LogP contribution is 2.23. The molecule has 1 heterocycles. The molecule has 1 aromatic heterocycles. The summed E-state index contributed by atoms with van der Waals surface area (Å²) in [6.07, 6.45) is 4.24. The third kappa shape index (κ3) is 6.72. The molecule has 0 radical (unpaired) electrons. The highest BCUT2D eigenvalue weighted by atomic mass is 35.5. The molecule has 0 saturated carbocycles. The number of thiazole rings is 1. The Bertz CT molecular complexity index is 774. The SMILES string of the molecule is Cc1nc(/C=C/C(=O)N(CCCN(C)C)Cc2ccc(Cl)c(Cl)c2)cs1. The van der Waals surface area contributed by atoms with Gasteiger partial charge in [0, 0.05) is 24.5 Å². The smallest absolute Gasteiger partial charge is 0.246 e. The van der Waals surface area contributed by atoms with Gasteiger partial charge in [-0.15, -0.1) is 11.3 Å². The molecule has 140 valence electrons. The van der Waals surface area contributed by atoms with Crippen molar-refractivity contribution in [2.45, 2.75) is 19.9 Å². The molecule has 0 N–H and O–H groups in total. The molecule has 0 fully saturated rings. The van der Waals surface area contributed by atoms with E-state index in [4.69, 9.17) is 23.2 Å². The molecule has 2 rings (SSSR count). The first-order valence-electron chi connectivity index (χ1n) is 8.33. The number of aromatic nitrogens is 1. The minimum absolute atomic E-state index is 0.0412. The summed E-state index contributed by atoms with van der Waals surface area (Å²) in [4.78, 5) is 21.0. The number of nitrogens with zero attached hydrogens (tertiary/aromatic N) is 3. The van der Waals surface area contributed by atoms with Gasteiger partial charge in [-0.1, -0.05) is 29.3 Å². The number of amides is 1. The zero-order valence-corrected chi connectivity index (χ0v) is 17.5. The Kier molecular flexibility index (Phi) is 8.10. The maximum Gasteiger partial charge on any atom is 0.246 e. The van der Waals surface area contributed by atoms with Crippen LogP contribution in [-0.2, 0) is 11.3 Å². The van der Waals surface area contributed by atoms with Crippen LogP contribution >= 0.6 is 34.5 Å². The van der Waals surface area contributed by atoms with Crippen molar-refractivity contribution in [3.05, 3.63) is 56.0 Å². The molecule has 0 spiro atoms. The van der Waals surface area contributed by atoms with E-state index in [-0.39, 0.29) is 5.91 Å². The van der Waals surface area contributed by atoms with E-state index in [2.05, 4.69) is 9.88 Å². The van der Waals surface area contributed by atoms with Crippen molar-refractivity contribution < 1.29 is 4.79 Å². The summed E-state index contributed by atoms with van der Waals surface area (Å²) in [6.45, 7) is 4.02. The number of hydrogen-bond acceptors (Lipinski definition) is 4. The number of halogens is 2. The fraction of sp³-hybridized carbons (Fsp3) is 0.368. The normalized spacial score (nSPS) is 11.5. The topological polar surface area (TPSA) is 36.4 Å². The van der Waals surface area contributed by atoms with Gasteiger partial charge in [0.25, 0.3) is 0 Å². The summed E-state index contributed by atoms with van der Waals surface area (Å²) in [5.74, 6) is -0.0412. The van der Waals surface area contributed by atoms with Crippen molar-refractivity contribution in [1.29, 1.82) is 0 Å². The highest BCUT2D eigenvalue weighted by molar-refractivity contribution is 7.09. The van der Waals surface area contributed by atoms with E-state index in [9.17, 15) is 4.79 Å². The van der Waals surface area contributed by atoms with Crippen LogP contribution in [0.4, 0.5) is 0 Å². The highest BCUT2D eigenvalue weighted by Gasteiger charge is 2.12. The Labute approximate surface area is 169 Å². The quantitative estimate of drug-likeness (QED) is 0.587. The molecule has 26 heavy (non-hydrogen) atoms. The van der Waals surface area contributed by atoms with Gasteiger partial charge in [-0.2, -0.15) is 0 Å². The van der Waals surface area contributed by atoms with Gasteiger partial charge in [-0.25, -0.2) is 4.98 Å². The molecule has 0 saturated heterocycles. The summed E-state index contributed by atoms with van der Waals surface area (Å²) in [7, 11) is 4.05. The van der Waals surface area contributed by atoms with Crippen molar-refractivity contribution in [1.82, 2.24) is 14.8 Å². The van der Waals surface area contributed by atoms with Gasteiger partial charge in [-0.05, 0) is 57.8 Å². The van der Waals surface area contributed by atoms with Gasteiger partial charge >= 0.3 is 0 Å². The van der Waals surface area contributed by atoms with Crippen molar-refractivity contribution in [2.75, 3.05) is 27.2 Å². The maximum atomic E-state index is 12.7. The summed E-state index contributed by atoms with van der Waals surface area (Å²) < 4.78 is 0. The third-order valence-electron chi connectivity index (χ3n) is 3.74. The molecule has 0 unspecified atom stereocenters. The molecule has 0 bridgehead atoms. The molecule has 1 amide bonds. The predicted molar refractivity (Wildman–Crippen MR) is 111 cm³/mol. The number of benzene rings is 1. The van der Waals surface area contributed by atoms with Gasteiger partial charge in [0.15, 0.2) is 0 Å². The Morgan fingerprint density at radius 3 is 2.62 bits per heavy atom. The lowest BCUT2D eigenvalue weighted by molar-refractivity contribution is -0.126. The molecule has 0 aliphatic rings. The Hall–Kier alpha value is -1.40. The maximum absolute atomic E-state index is 12.7. The fourth-order valence-electron chi connectivity index (χ4n) is 2.42. The number of rotatable bonds is 8. The second-order valence-corrected chi connectivity index (χ2v) is 8.17. The van der Waals surface area contributed by atoms with Gasteiger partial charge in [0.1, 0.15) is 0 Å². The lowest BCUT2D eigenvalue weighted by Gasteiger charge is -2.22. The van der Waals surface area contributed by atoms with Gasteiger partial charge in [0.05, 0.1) is 20.7 Å². The second-order valence-electron chi connectivity index (χ2n) is 6.29. The van der Waals surface area contributed by atoms with E-state index in [1.165, 1.54) is 0 Å². The van der Waals surface area contributed by atoms with Crippen molar-refractivity contribution in [3.8, 4) is 0 Å². The molecule has 1 aromatic carbocycles. The van der Waals surface area contributed by atoms with Crippen molar-refractivity contribution >= 4 is 46.5 Å². The summed E-state index contributed by atoms with van der Waals surface area (Å²) >= 11 is 13.7. The number of carbonyl (C=O) groups is 1. The van der Waals surface area contributed by atoms with E-state index in [1.54, 1.807) is 29.6 Å². The first kappa shape index (κ1) is 20.9. The molecule has 4 nitrogen and oxygen atoms in total. The van der Waals surface area contributed by atoms with Crippen LogP contribution in [0.25, 0.3) is 6.08 Å². The van der Waals surface area contributed by atoms with Crippen LogP contribution in [0.15, 0.2) is 29.7 Å². The first-order chi connectivity index (χ1) is 12.3. The average Bonchev–Trinajstić information content (AvgIpc) is 3.00. The molecule has 7 heteroatoms. The second kappa shape index (κ2) is 10.1. The first-order valence-corrected chi connectivity index (χ1v) is 9.96. The van der Waals surface area contributed by atoms with Crippen LogP contribution in [0.5, 0.6) is 0 Å². The molecule has 0 atom stereocenters. The van der Waals surface area contributed by atoms with E-state index in [1.807, 2.05) is 43.4 Å². The van der Waals surface area contributed by atoms with Crippen LogP contribution in [-0.4, -0.2) is 47.9 Å². The average molecular weight is 412 g/mol. The molecule has 0 aliphatic heterocycles. The third-order valence-corrected chi connectivity index (χ3v) is 5.27. The number of aryl methyl sites for hydroxylation is 1. The van der Waals surface area contributed by atoms with Crippen LogP contribution in [0.3, 0.4) is 0 Å². The monoisotopic (exact) mass is 411 g/mol. The van der Waals surface area contributed by atoms with E-state index in [0.29, 0.717) is 23.1 Å². The lowest BCUT2D eigenvalue weighted by atomic mass is 10.2. The van der Waals surface area contributed by atoms with Gasteiger partial charge in [0.2, 0.25) is 5.91 Å². The zero-order valence-electron chi connectivity index (χ0n) is 15.2. The Morgan fingerprint density at radius 2 is 2.00 bits per heavy atom. The molecule has 2 aromatic rings. The number of hydrogen-bond donors (Lipinski definition) is 0. The van der Waals surface area contributed by atoms with E-state index < -0.39 is 0 Å².